The lowest BCUT2D eigenvalue weighted by molar-refractivity contribution is 0.0516. The van der Waals surface area contributed by atoms with Crippen LogP contribution in [0.4, 0.5) is 0 Å². The third kappa shape index (κ3) is 7.58. The van der Waals surface area contributed by atoms with E-state index in [1.165, 1.54) is 24.3 Å². The molecule has 0 fully saturated rings. The number of amides is 2. The number of hydrogen-bond acceptors (Lipinski definition) is 8. The van der Waals surface area contributed by atoms with E-state index in [1.54, 1.807) is 40.8 Å². The fourth-order valence-corrected chi connectivity index (χ4v) is 8.24. The first-order valence-electron chi connectivity index (χ1n) is 18.7. The number of carbonyl (C=O) groups is 3. The number of nitrogens with zero attached hydrogens (tertiary/aromatic N) is 3. The van der Waals surface area contributed by atoms with Crippen LogP contribution in [0.5, 0.6) is 0 Å². The van der Waals surface area contributed by atoms with Crippen molar-refractivity contribution in [3.63, 3.8) is 0 Å². The Morgan fingerprint density at radius 2 is 1.57 bits per heavy atom. The van der Waals surface area contributed by atoms with Crippen molar-refractivity contribution in [3.05, 3.63) is 149 Å². The summed E-state index contributed by atoms with van der Waals surface area (Å²) < 4.78 is 36.5. The van der Waals surface area contributed by atoms with Gasteiger partial charge in [-0.3, -0.25) is 9.59 Å². The zero-order valence-electron chi connectivity index (χ0n) is 31.1. The maximum Gasteiger partial charge on any atom is 0.359 e. The summed E-state index contributed by atoms with van der Waals surface area (Å²) in [6.07, 6.45) is 2.46. The highest BCUT2D eigenvalue weighted by atomic mass is 32.2. The predicted octanol–water partition coefficient (Wildman–Crippen LogP) is 6.89. The number of carbonyl (C=O) groups excluding carboxylic acids is 3. The number of rotatable bonds is 12. The van der Waals surface area contributed by atoms with Gasteiger partial charge in [-0.25, -0.2) is 22.6 Å². The monoisotopic (exact) mass is 770 g/mol. The number of esters is 1. The summed E-state index contributed by atoms with van der Waals surface area (Å²) in [7, 11) is -4.33. The van der Waals surface area contributed by atoms with Crippen molar-refractivity contribution >= 4 is 38.6 Å². The Labute approximate surface area is 325 Å². The number of fused-ring (bicyclic) bond motifs is 2. The van der Waals surface area contributed by atoms with Crippen LogP contribution in [0.3, 0.4) is 0 Å². The Hall–Kier alpha value is -6.11. The van der Waals surface area contributed by atoms with Crippen molar-refractivity contribution in [1.82, 2.24) is 19.4 Å². The van der Waals surface area contributed by atoms with E-state index in [0.29, 0.717) is 40.7 Å². The normalized spacial score (nSPS) is 14.0. The molecule has 2 N–H and O–H groups in total. The molecule has 6 aromatic rings. The Kier molecular flexibility index (Phi) is 11.1. The number of hydrogen-bond donors (Lipinski definition) is 2. The number of aliphatic hydroxyl groups excluding tert-OH is 1. The van der Waals surface area contributed by atoms with E-state index >= 15 is 4.79 Å². The van der Waals surface area contributed by atoms with Gasteiger partial charge in [0.05, 0.1) is 35.5 Å². The van der Waals surface area contributed by atoms with Crippen LogP contribution in [0, 0.1) is 0 Å². The SMILES string of the molecule is CCCCc1c(-c2ccc(C(=O)NS(=O)(=O)c3ccc4ccccc4c3)cc2C(=O)N2Cc3ccccc3C[C@H]2CO)c(C(=O)OCC)nn1-c1ccccc1. The number of nitrogens with one attached hydrogen (secondary N) is 1. The van der Waals surface area contributed by atoms with Gasteiger partial charge in [-0.2, -0.15) is 5.10 Å². The van der Waals surface area contributed by atoms with Crippen molar-refractivity contribution in [3.8, 4) is 16.8 Å². The molecule has 2 amide bonds. The predicted molar refractivity (Wildman–Crippen MR) is 213 cm³/mol. The number of sulfonamides is 1. The van der Waals surface area contributed by atoms with Gasteiger partial charge < -0.3 is 14.7 Å². The Bertz CT molecular complexity index is 2550. The standard InChI is InChI=1S/C44H42N4O7S/c1-3-5-19-39-40(41(44(52)55-4-2)45-48(39)34-17-7-6-8-18-34)37-23-21-32(42(50)46-56(53,54)36-22-20-29-13-9-10-15-31(29)25-36)26-38(37)43(51)47-27-33-16-12-11-14-30(33)24-35(47)28-49/h6-18,20-23,25-26,35,49H,3-5,19,24,27-28H2,1-2H3,(H,46,50)/t35-/m0/s1. The molecule has 7 rings (SSSR count). The van der Waals surface area contributed by atoms with Gasteiger partial charge in [0, 0.05) is 23.2 Å². The molecule has 0 unspecified atom stereocenters. The first kappa shape index (κ1) is 38.2. The maximum atomic E-state index is 15.0. The van der Waals surface area contributed by atoms with E-state index in [9.17, 15) is 23.1 Å². The van der Waals surface area contributed by atoms with E-state index in [2.05, 4.69) is 4.72 Å². The molecule has 1 aromatic heterocycles. The van der Waals surface area contributed by atoms with Crippen LogP contribution in [0.1, 0.15) is 74.7 Å². The molecule has 0 radical (unpaired) electrons. The number of aromatic nitrogens is 2. The summed E-state index contributed by atoms with van der Waals surface area (Å²) in [5, 5.41) is 16.9. The first-order valence-corrected chi connectivity index (χ1v) is 20.1. The minimum absolute atomic E-state index is 0.00497. The molecule has 56 heavy (non-hydrogen) atoms. The number of ether oxygens (including phenoxy) is 1. The molecule has 12 heteroatoms. The summed E-state index contributed by atoms with van der Waals surface area (Å²) >= 11 is 0. The van der Waals surface area contributed by atoms with Gasteiger partial charge in [-0.05, 0) is 90.0 Å². The van der Waals surface area contributed by atoms with Crippen LogP contribution in [0.25, 0.3) is 27.6 Å². The van der Waals surface area contributed by atoms with Crippen molar-refractivity contribution in [2.45, 2.75) is 57.0 Å². The molecule has 0 saturated heterocycles. The summed E-state index contributed by atoms with van der Waals surface area (Å²) in [6, 6.07) is 32.7. The minimum atomic E-state index is -4.33. The third-order valence-corrected chi connectivity index (χ3v) is 11.4. The van der Waals surface area contributed by atoms with Gasteiger partial charge in [0.2, 0.25) is 0 Å². The number of aliphatic hydroxyl groups is 1. The quantitative estimate of drug-likeness (QED) is 0.128. The molecule has 0 bridgehead atoms. The second kappa shape index (κ2) is 16.3. The molecule has 5 aromatic carbocycles. The van der Waals surface area contributed by atoms with Crippen LogP contribution in [0.2, 0.25) is 0 Å². The lowest BCUT2D eigenvalue weighted by atomic mass is 9.90. The fourth-order valence-electron chi connectivity index (χ4n) is 7.23. The van der Waals surface area contributed by atoms with Crippen molar-refractivity contribution < 1.29 is 32.6 Å². The van der Waals surface area contributed by atoms with Crippen LogP contribution >= 0.6 is 0 Å². The molecule has 286 valence electrons. The molecule has 0 aliphatic carbocycles. The van der Waals surface area contributed by atoms with Crippen LogP contribution in [-0.4, -0.2) is 65.2 Å². The summed E-state index contributed by atoms with van der Waals surface area (Å²) in [5.74, 6) is -2.14. The first-order chi connectivity index (χ1) is 27.1. The highest BCUT2D eigenvalue weighted by Crippen LogP contribution is 2.36. The van der Waals surface area contributed by atoms with Gasteiger partial charge in [-0.15, -0.1) is 0 Å². The molecule has 1 aliphatic rings. The highest BCUT2D eigenvalue weighted by molar-refractivity contribution is 7.90. The minimum Gasteiger partial charge on any atom is -0.461 e. The average molecular weight is 771 g/mol. The molecule has 2 heterocycles. The highest BCUT2D eigenvalue weighted by Gasteiger charge is 2.35. The van der Waals surface area contributed by atoms with E-state index < -0.39 is 33.8 Å². The van der Waals surface area contributed by atoms with Crippen molar-refractivity contribution in [2.24, 2.45) is 0 Å². The summed E-state index contributed by atoms with van der Waals surface area (Å²) in [4.78, 5) is 44.1. The molecular formula is C44H42N4O7S. The zero-order chi connectivity index (χ0) is 39.4. The van der Waals surface area contributed by atoms with Crippen molar-refractivity contribution in [2.75, 3.05) is 13.2 Å². The van der Waals surface area contributed by atoms with Gasteiger partial charge in [0.25, 0.3) is 21.8 Å². The fraction of sp³-hybridized carbons (Fsp3) is 0.227. The maximum absolute atomic E-state index is 15.0. The molecule has 1 aliphatic heterocycles. The Balaban J connectivity index is 1.39. The largest absolute Gasteiger partial charge is 0.461 e. The molecule has 0 spiro atoms. The van der Waals surface area contributed by atoms with Crippen LogP contribution in [0.15, 0.2) is 120 Å². The third-order valence-electron chi connectivity index (χ3n) is 10.1. The molecular weight excluding hydrogens is 729 g/mol. The van der Waals surface area contributed by atoms with Gasteiger partial charge in [-0.1, -0.05) is 92.2 Å². The zero-order valence-corrected chi connectivity index (χ0v) is 32.0. The molecule has 1 atom stereocenters. The molecule has 0 saturated carbocycles. The van der Waals surface area contributed by atoms with Crippen LogP contribution < -0.4 is 4.72 Å². The smallest absolute Gasteiger partial charge is 0.359 e. The van der Waals surface area contributed by atoms with Crippen LogP contribution in [-0.2, 0) is 34.1 Å². The lowest BCUT2D eigenvalue weighted by Crippen LogP contribution is -2.46. The van der Waals surface area contributed by atoms with Gasteiger partial charge in [0.1, 0.15) is 0 Å². The molecule has 11 nitrogen and oxygen atoms in total. The number of benzene rings is 5. The van der Waals surface area contributed by atoms with Crippen molar-refractivity contribution in [1.29, 1.82) is 0 Å². The lowest BCUT2D eigenvalue weighted by Gasteiger charge is -2.36. The van der Waals surface area contributed by atoms with E-state index in [-0.39, 0.29) is 41.5 Å². The van der Waals surface area contributed by atoms with Gasteiger partial charge >= 0.3 is 5.97 Å². The van der Waals surface area contributed by atoms with Gasteiger partial charge in [0.15, 0.2) is 5.69 Å². The average Bonchev–Trinajstić information content (AvgIpc) is 3.61. The van der Waals surface area contributed by atoms with E-state index in [0.717, 1.165) is 29.4 Å². The topological polar surface area (TPSA) is 148 Å². The number of unbranched alkanes of at least 4 members (excludes halogenated alkanes) is 1. The van der Waals surface area contributed by atoms with E-state index in [4.69, 9.17) is 9.84 Å². The number of para-hydroxylation sites is 1. The summed E-state index contributed by atoms with van der Waals surface area (Å²) in [5.41, 5.74) is 3.91. The second-order valence-corrected chi connectivity index (χ2v) is 15.4. The van der Waals surface area contributed by atoms with E-state index in [1.807, 2.05) is 73.7 Å². The summed E-state index contributed by atoms with van der Waals surface area (Å²) in [6.45, 7) is 3.70. The Morgan fingerprint density at radius 3 is 2.30 bits per heavy atom. The Morgan fingerprint density at radius 1 is 0.857 bits per heavy atom. The second-order valence-electron chi connectivity index (χ2n) is 13.7.